The van der Waals surface area contributed by atoms with Crippen LogP contribution in [0, 0.1) is 5.82 Å². The van der Waals surface area contributed by atoms with Gasteiger partial charge in [0.05, 0.1) is 15.1 Å². The number of hydrogen-bond donors (Lipinski definition) is 0. The zero-order valence-corrected chi connectivity index (χ0v) is 13.7. The molecule has 0 saturated heterocycles. The quantitative estimate of drug-likeness (QED) is 0.551. The third-order valence-electron chi connectivity index (χ3n) is 2.53. The van der Waals surface area contributed by atoms with E-state index in [9.17, 15) is 22.4 Å². The molecule has 0 atom stereocenters. The van der Waals surface area contributed by atoms with Crippen molar-refractivity contribution in [1.29, 1.82) is 0 Å². The highest BCUT2D eigenvalue weighted by atomic mass is 79.9. The lowest BCUT2D eigenvalue weighted by atomic mass is 10.2. The van der Waals surface area contributed by atoms with Crippen LogP contribution in [0.25, 0.3) is 5.69 Å². The summed E-state index contributed by atoms with van der Waals surface area (Å²) in [6.45, 7) is 0. The maximum Gasteiger partial charge on any atom is 0.416 e. The van der Waals surface area contributed by atoms with Crippen LogP contribution in [-0.4, -0.2) is 4.57 Å². The second-order valence-corrected chi connectivity index (χ2v) is 6.14. The van der Waals surface area contributed by atoms with Crippen LogP contribution >= 0.6 is 43.5 Å². The van der Waals surface area contributed by atoms with Gasteiger partial charge < -0.3 is 0 Å². The zero-order chi connectivity index (χ0) is 15.9. The molecule has 2 rings (SSSR count). The van der Waals surface area contributed by atoms with Crippen LogP contribution in [0.1, 0.15) is 5.56 Å². The molecule has 9 heteroatoms. The van der Waals surface area contributed by atoms with Gasteiger partial charge in [0.15, 0.2) is 0 Å². The van der Waals surface area contributed by atoms with Crippen molar-refractivity contribution in [3.05, 3.63) is 60.1 Å². The van der Waals surface area contributed by atoms with Gasteiger partial charge in [0.1, 0.15) is 11.5 Å². The highest BCUT2D eigenvalue weighted by Crippen LogP contribution is 2.34. The molecule has 1 heterocycles. The lowest BCUT2D eigenvalue weighted by Gasteiger charge is -2.13. The Bertz CT molecular complexity index is 750. The fraction of sp³-hybridized carbons (Fsp3) is 0.0833. The van der Waals surface area contributed by atoms with E-state index >= 15 is 0 Å². The summed E-state index contributed by atoms with van der Waals surface area (Å²) in [4.78, 5) is 12.0. The fourth-order valence-electron chi connectivity index (χ4n) is 1.64. The van der Waals surface area contributed by atoms with E-state index in [1.165, 1.54) is 12.3 Å². The first-order chi connectivity index (χ1) is 9.61. The second kappa shape index (κ2) is 5.73. The molecule has 0 bridgehead atoms. The molecule has 0 N–H and O–H groups in total. The van der Waals surface area contributed by atoms with Gasteiger partial charge in [-0.2, -0.15) is 13.2 Å². The lowest BCUT2D eigenvalue weighted by molar-refractivity contribution is -0.137. The van der Waals surface area contributed by atoms with Gasteiger partial charge in [-0.1, -0.05) is 11.6 Å². The van der Waals surface area contributed by atoms with E-state index in [4.69, 9.17) is 11.6 Å². The van der Waals surface area contributed by atoms with Crippen LogP contribution in [0.5, 0.6) is 0 Å². The Kier molecular flexibility index (Phi) is 4.51. The molecule has 21 heavy (non-hydrogen) atoms. The summed E-state index contributed by atoms with van der Waals surface area (Å²) in [7, 11) is 0. The average molecular weight is 449 g/mol. The molecule has 112 valence electrons. The van der Waals surface area contributed by atoms with Crippen LogP contribution in [-0.2, 0) is 6.18 Å². The molecule has 1 aromatic carbocycles. The molecule has 2 nitrogen and oxygen atoms in total. The maximum absolute atomic E-state index is 14.0. The van der Waals surface area contributed by atoms with Gasteiger partial charge in [-0.3, -0.25) is 9.36 Å². The SMILES string of the molecule is O=c1c(Br)cc(Br)cn1-c1c(F)cc(C(F)(F)F)cc1Cl. The van der Waals surface area contributed by atoms with Gasteiger partial charge in [-0.05, 0) is 50.1 Å². The van der Waals surface area contributed by atoms with Gasteiger partial charge in [0.2, 0.25) is 0 Å². The maximum atomic E-state index is 14.0. The minimum absolute atomic E-state index is 0.104. The Hall–Kier alpha value is -0.860. The topological polar surface area (TPSA) is 22.0 Å². The van der Waals surface area contributed by atoms with Crippen molar-refractivity contribution in [2.45, 2.75) is 6.18 Å². The lowest BCUT2D eigenvalue weighted by Crippen LogP contribution is -2.20. The molecule has 0 saturated carbocycles. The minimum atomic E-state index is -4.73. The number of hydrogen-bond acceptors (Lipinski definition) is 1. The smallest absolute Gasteiger partial charge is 0.278 e. The third kappa shape index (κ3) is 3.32. The van der Waals surface area contributed by atoms with Crippen LogP contribution in [0.4, 0.5) is 17.6 Å². The van der Waals surface area contributed by atoms with E-state index in [2.05, 4.69) is 31.9 Å². The Morgan fingerprint density at radius 1 is 1.14 bits per heavy atom. The summed E-state index contributed by atoms with van der Waals surface area (Å²) in [5.41, 5.74) is -2.33. The van der Waals surface area contributed by atoms with Gasteiger partial charge in [-0.15, -0.1) is 0 Å². The van der Waals surface area contributed by atoms with Crippen molar-refractivity contribution in [1.82, 2.24) is 4.57 Å². The summed E-state index contributed by atoms with van der Waals surface area (Å²) in [6.07, 6.45) is -3.52. The number of aromatic nitrogens is 1. The number of pyridine rings is 1. The first-order valence-corrected chi connectivity index (χ1v) is 7.22. The Labute approximate surface area is 137 Å². The minimum Gasteiger partial charge on any atom is -0.278 e. The average Bonchev–Trinajstić information content (AvgIpc) is 2.32. The molecule has 0 aliphatic heterocycles. The molecular formula is C12H4Br2ClF4NO. The summed E-state index contributed by atoms with van der Waals surface area (Å²) in [5, 5.41) is -0.519. The fourth-order valence-corrected chi connectivity index (χ4v) is 3.12. The third-order valence-corrected chi connectivity index (χ3v) is 3.82. The monoisotopic (exact) mass is 447 g/mol. The predicted molar refractivity (Wildman–Crippen MR) is 77.4 cm³/mol. The zero-order valence-electron chi connectivity index (χ0n) is 9.81. The summed E-state index contributed by atoms with van der Waals surface area (Å²) in [6, 6.07) is 2.29. The Morgan fingerprint density at radius 2 is 1.76 bits per heavy atom. The van der Waals surface area contributed by atoms with Crippen LogP contribution in [0.3, 0.4) is 0 Å². The summed E-state index contributed by atoms with van der Waals surface area (Å²) in [5.74, 6) is -1.25. The molecule has 0 amide bonds. The molecule has 0 spiro atoms. The summed E-state index contributed by atoms with van der Waals surface area (Å²) < 4.78 is 53.1. The van der Waals surface area contributed by atoms with Crippen molar-refractivity contribution >= 4 is 43.5 Å². The number of rotatable bonds is 1. The van der Waals surface area contributed by atoms with Gasteiger partial charge in [0, 0.05) is 10.7 Å². The molecular weight excluding hydrogens is 445 g/mol. The first-order valence-electron chi connectivity index (χ1n) is 5.25. The van der Waals surface area contributed by atoms with Crippen LogP contribution < -0.4 is 5.56 Å². The predicted octanol–water partition coefficient (Wildman–Crippen LogP) is 5.17. The van der Waals surface area contributed by atoms with E-state index in [0.29, 0.717) is 16.6 Å². The highest BCUT2D eigenvalue weighted by Gasteiger charge is 2.32. The number of alkyl halides is 3. The van der Waals surface area contributed by atoms with E-state index in [1.54, 1.807) is 0 Å². The van der Waals surface area contributed by atoms with Crippen LogP contribution in [0.2, 0.25) is 5.02 Å². The van der Waals surface area contributed by atoms with Gasteiger partial charge in [0.25, 0.3) is 5.56 Å². The van der Waals surface area contributed by atoms with Crippen molar-refractivity contribution in [2.75, 3.05) is 0 Å². The number of halogens is 7. The van der Waals surface area contributed by atoms with Crippen LogP contribution in [0.15, 0.2) is 38.1 Å². The number of nitrogens with zero attached hydrogens (tertiary/aromatic N) is 1. The number of benzene rings is 1. The first kappa shape index (κ1) is 16.5. The second-order valence-electron chi connectivity index (χ2n) is 3.97. The standard InChI is InChI=1S/C12H4Br2ClF4NO/c13-6-3-7(14)11(21)20(4-6)10-8(15)1-5(2-9(10)16)12(17,18)19/h1-4H. The van der Waals surface area contributed by atoms with Crippen molar-refractivity contribution in [3.63, 3.8) is 0 Å². The van der Waals surface area contributed by atoms with E-state index in [1.807, 2.05) is 0 Å². The van der Waals surface area contributed by atoms with Gasteiger partial charge in [-0.25, -0.2) is 4.39 Å². The Morgan fingerprint density at radius 3 is 2.29 bits per heavy atom. The molecule has 1 aromatic heterocycles. The van der Waals surface area contributed by atoms with Crippen molar-refractivity contribution in [3.8, 4) is 5.69 Å². The van der Waals surface area contributed by atoms with E-state index in [0.717, 1.165) is 4.57 Å². The largest absolute Gasteiger partial charge is 0.416 e. The molecule has 0 aliphatic carbocycles. The normalized spacial score (nSPS) is 11.8. The summed E-state index contributed by atoms with van der Waals surface area (Å²) >= 11 is 11.8. The molecule has 0 aliphatic rings. The molecule has 0 radical (unpaired) electrons. The highest BCUT2D eigenvalue weighted by molar-refractivity contribution is 9.11. The van der Waals surface area contributed by atoms with E-state index < -0.39 is 33.8 Å². The molecule has 0 fully saturated rings. The van der Waals surface area contributed by atoms with Gasteiger partial charge >= 0.3 is 6.18 Å². The molecule has 0 unspecified atom stereocenters. The van der Waals surface area contributed by atoms with Crippen molar-refractivity contribution < 1.29 is 17.6 Å². The van der Waals surface area contributed by atoms with E-state index in [-0.39, 0.29) is 4.47 Å². The van der Waals surface area contributed by atoms with Crippen molar-refractivity contribution in [2.24, 2.45) is 0 Å². The molecule has 2 aromatic rings. The Balaban J connectivity index is 2.75.